The van der Waals surface area contributed by atoms with Crippen molar-refractivity contribution in [2.75, 3.05) is 4.90 Å². The summed E-state index contributed by atoms with van der Waals surface area (Å²) in [5, 5.41) is 8.94. The Bertz CT molecular complexity index is 538. The molecule has 2 amide bonds. The second-order valence-electron chi connectivity index (χ2n) is 4.30. The van der Waals surface area contributed by atoms with Crippen LogP contribution in [0.25, 0.3) is 0 Å². The second kappa shape index (κ2) is 5.40. The third-order valence-electron chi connectivity index (χ3n) is 2.97. The molecule has 6 heteroatoms. The van der Waals surface area contributed by atoms with Gasteiger partial charge in [0, 0.05) is 12.8 Å². The maximum absolute atomic E-state index is 11.9. The lowest BCUT2D eigenvalue weighted by Gasteiger charge is -2.20. The molecule has 1 saturated heterocycles. The summed E-state index contributed by atoms with van der Waals surface area (Å²) in [5.41, 5.74) is 0.270. The molecule has 0 aliphatic carbocycles. The van der Waals surface area contributed by atoms with Crippen LogP contribution >= 0.6 is 11.6 Å². The highest BCUT2D eigenvalue weighted by atomic mass is 35.5. The zero-order valence-electron chi connectivity index (χ0n) is 10.1. The van der Waals surface area contributed by atoms with Gasteiger partial charge in [0.15, 0.2) is 0 Å². The molecular formula is C13H12ClNO4. The first-order valence-corrected chi connectivity index (χ1v) is 6.27. The van der Waals surface area contributed by atoms with Crippen molar-refractivity contribution in [2.45, 2.75) is 25.7 Å². The smallest absolute Gasteiger partial charge is 0.335 e. The Morgan fingerprint density at radius 3 is 2.21 bits per heavy atom. The van der Waals surface area contributed by atoms with Crippen molar-refractivity contribution in [2.24, 2.45) is 0 Å². The topological polar surface area (TPSA) is 74.7 Å². The number of anilines is 1. The fraction of sp³-hybridized carbons (Fsp3) is 0.308. The number of carboxylic acids is 1. The maximum Gasteiger partial charge on any atom is 0.335 e. The Hall–Kier alpha value is -1.88. The number of carbonyl (C=O) groups is 3. The molecule has 1 fully saturated rings. The molecule has 0 saturated carbocycles. The number of imide groups is 1. The van der Waals surface area contributed by atoms with Crippen LogP contribution in [0.3, 0.4) is 0 Å². The van der Waals surface area contributed by atoms with E-state index in [1.165, 1.54) is 18.2 Å². The van der Waals surface area contributed by atoms with Crippen molar-refractivity contribution in [1.82, 2.24) is 0 Å². The highest BCUT2D eigenvalue weighted by molar-refractivity contribution is 6.35. The van der Waals surface area contributed by atoms with E-state index in [9.17, 15) is 14.4 Å². The first kappa shape index (κ1) is 13.5. The van der Waals surface area contributed by atoms with Gasteiger partial charge in [-0.05, 0) is 31.0 Å². The highest BCUT2D eigenvalue weighted by Crippen LogP contribution is 2.30. The van der Waals surface area contributed by atoms with Gasteiger partial charge in [0.1, 0.15) is 0 Å². The Morgan fingerprint density at radius 1 is 1.16 bits per heavy atom. The number of carboxylic acid groups (broad SMARTS) is 1. The highest BCUT2D eigenvalue weighted by Gasteiger charge is 2.27. The number of benzene rings is 1. The van der Waals surface area contributed by atoms with Crippen LogP contribution in [0.15, 0.2) is 18.2 Å². The second-order valence-corrected chi connectivity index (χ2v) is 4.71. The average molecular weight is 282 g/mol. The molecule has 2 rings (SSSR count). The van der Waals surface area contributed by atoms with Crippen LogP contribution in [-0.4, -0.2) is 22.9 Å². The van der Waals surface area contributed by atoms with Gasteiger partial charge in [-0.2, -0.15) is 0 Å². The summed E-state index contributed by atoms with van der Waals surface area (Å²) in [4.78, 5) is 35.7. The van der Waals surface area contributed by atoms with Gasteiger partial charge in [-0.15, -0.1) is 0 Å². The fourth-order valence-corrected chi connectivity index (χ4v) is 2.27. The Balaban J connectivity index is 2.42. The monoisotopic (exact) mass is 281 g/mol. The van der Waals surface area contributed by atoms with E-state index in [0.29, 0.717) is 25.7 Å². The molecule has 0 unspecified atom stereocenters. The van der Waals surface area contributed by atoms with Crippen LogP contribution in [0.4, 0.5) is 5.69 Å². The minimum absolute atomic E-state index is 0.0171. The standard InChI is InChI=1S/C13H12ClNO4/c14-9-7-8(13(18)19)5-6-10(9)15-11(16)3-1-2-4-12(15)17/h5-7H,1-4H2,(H,18,19). The van der Waals surface area contributed by atoms with Crippen LogP contribution < -0.4 is 4.90 Å². The molecule has 0 bridgehead atoms. The molecule has 0 aromatic heterocycles. The number of amides is 2. The first-order chi connectivity index (χ1) is 9.00. The van der Waals surface area contributed by atoms with E-state index in [2.05, 4.69) is 0 Å². The summed E-state index contributed by atoms with van der Waals surface area (Å²) in [6.07, 6.45) is 1.93. The summed E-state index contributed by atoms with van der Waals surface area (Å²) < 4.78 is 0. The molecule has 1 heterocycles. The molecule has 0 spiro atoms. The molecule has 1 aliphatic rings. The van der Waals surface area contributed by atoms with E-state index >= 15 is 0 Å². The van der Waals surface area contributed by atoms with E-state index in [1.807, 2.05) is 0 Å². The summed E-state index contributed by atoms with van der Waals surface area (Å²) in [5.74, 6) is -1.71. The summed E-state index contributed by atoms with van der Waals surface area (Å²) >= 11 is 5.98. The third-order valence-corrected chi connectivity index (χ3v) is 3.27. The third kappa shape index (κ3) is 2.76. The van der Waals surface area contributed by atoms with Crippen molar-refractivity contribution in [1.29, 1.82) is 0 Å². The predicted octanol–water partition coefficient (Wildman–Crippen LogP) is 2.47. The van der Waals surface area contributed by atoms with Crippen LogP contribution in [0, 0.1) is 0 Å². The fourth-order valence-electron chi connectivity index (χ4n) is 2.01. The summed E-state index contributed by atoms with van der Waals surface area (Å²) in [6.45, 7) is 0. The zero-order chi connectivity index (χ0) is 14.0. The van der Waals surface area contributed by atoms with Crippen LogP contribution in [0.5, 0.6) is 0 Å². The van der Waals surface area contributed by atoms with Crippen LogP contribution in [-0.2, 0) is 9.59 Å². The number of hydrogen-bond acceptors (Lipinski definition) is 3. The number of halogens is 1. The lowest BCUT2D eigenvalue weighted by molar-refractivity contribution is -0.125. The van der Waals surface area contributed by atoms with Gasteiger partial charge in [0.05, 0.1) is 16.3 Å². The quantitative estimate of drug-likeness (QED) is 0.845. The van der Waals surface area contributed by atoms with E-state index in [4.69, 9.17) is 16.7 Å². The van der Waals surface area contributed by atoms with Crippen molar-refractivity contribution in [3.8, 4) is 0 Å². The molecule has 5 nitrogen and oxygen atoms in total. The van der Waals surface area contributed by atoms with Gasteiger partial charge < -0.3 is 5.11 Å². The zero-order valence-corrected chi connectivity index (χ0v) is 10.8. The molecule has 0 atom stereocenters. The van der Waals surface area contributed by atoms with Crippen molar-refractivity contribution in [3.63, 3.8) is 0 Å². The minimum atomic E-state index is -1.11. The van der Waals surface area contributed by atoms with Gasteiger partial charge in [0.25, 0.3) is 0 Å². The molecule has 1 aliphatic heterocycles. The molecule has 1 N–H and O–H groups in total. The lowest BCUT2D eigenvalue weighted by Crippen LogP contribution is -2.35. The molecule has 1 aromatic rings. The van der Waals surface area contributed by atoms with E-state index < -0.39 is 5.97 Å². The van der Waals surface area contributed by atoms with Gasteiger partial charge in [-0.25, -0.2) is 9.69 Å². The molecule has 100 valence electrons. The van der Waals surface area contributed by atoms with Gasteiger partial charge in [0.2, 0.25) is 11.8 Å². The number of rotatable bonds is 2. The van der Waals surface area contributed by atoms with E-state index in [0.717, 1.165) is 4.90 Å². The van der Waals surface area contributed by atoms with E-state index in [1.54, 1.807) is 0 Å². The lowest BCUT2D eigenvalue weighted by atomic mass is 10.2. The van der Waals surface area contributed by atoms with Gasteiger partial charge in [-0.3, -0.25) is 9.59 Å². The maximum atomic E-state index is 11.9. The minimum Gasteiger partial charge on any atom is -0.478 e. The van der Waals surface area contributed by atoms with Gasteiger partial charge >= 0.3 is 5.97 Å². The normalized spacial score (nSPS) is 16.4. The molecule has 19 heavy (non-hydrogen) atoms. The largest absolute Gasteiger partial charge is 0.478 e. The molecule has 0 radical (unpaired) electrons. The van der Waals surface area contributed by atoms with Crippen molar-refractivity contribution in [3.05, 3.63) is 28.8 Å². The first-order valence-electron chi connectivity index (χ1n) is 5.89. The number of aromatic carboxylic acids is 1. The van der Waals surface area contributed by atoms with Crippen molar-refractivity contribution < 1.29 is 19.5 Å². The van der Waals surface area contributed by atoms with Crippen LogP contribution in [0.2, 0.25) is 5.02 Å². The summed E-state index contributed by atoms with van der Waals surface area (Å²) in [7, 11) is 0. The molecular weight excluding hydrogens is 270 g/mol. The average Bonchev–Trinajstić information content (AvgIpc) is 2.51. The Kier molecular flexibility index (Phi) is 3.85. The predicted molar refractivity (Wildman–Crippen MR) is 69.4 cm³/mol. The van der Waals surface area contributed by atoms with Gasteiger partial charge in [-0.1, -0.05) is 11.6 Å². The molecule has 1 aromatic carbocycles. The van der Waals surface area contributed by atoms with Crippen molar-refractivity contribution >= 4 is 35.1 Å². The van der Waals surface area contributed by atoms with Crippen LogP contribution in [0.1, 0.15) is 36.0 Å². The summed E-state index contributed by atoms with van der Waals surface area (Å²) in [6, 6.07) is 3.96. The number of hydrogen-bond donors (Lipinski definition) is 1. The van der Waals surface area contributed by atoms with E-state index in [-0.39, 0.29) is 28.1 Å². The number of carbonyl (C=O) groups excluding carboxylic acids is 2. The Labute approximate surface area is 114 Å². The Morgan fingerprint density at radius 2 is 1.74 bits per heavy atom. The SMILES string of the molecule is O=C(O)c1ccc(N2C(=O)CCCCC2=O)c(Cl)c1. The number of nitrogens with zero attached hydrogens (tertiary/aromatic N) is 1.